The fourth-order valence-electron chi connectivity index (χ4n) is 4.01. The molecule has 174 valence electrons. The van der Waals surface area contributed by atoms with Gasteiger partial charge in [0.15, 0.2) is 6.61 Å². The molecule has 8 heteroatoms. The molecule has 1 aliphatic rings. The van der Waals surface area contributed by atoms with Gasteiger partial charge in [0.1, 0.15) is 9.96 Å². The zero-order chi connectivity index (χ0) is 23.3. The van der Waals surface area contributed by atoms with Crippen LogP contribution in [0.5, 0.6) is 5.75 Å². The summed E-state index contributed by atoms with van der Waals surface area (Å²) in [6.45, 7) is 1.49. The number of hydrogen-bond donors (Lipinski definition) is 0. The standard InChI is InChI=1S/C25H28N2O4S2/c1-26(33(29,30)25-8-5-17-32-25)22-9-11-23(12-10-22)31-19-24(28)27-15-13-21(14-16-27)18-20-6-3-2-4-7-20/h2-12,17,21H,13-16,18-19H2,1H3. The molecule has 3 aromatic rings. The number of sulfonamides is 1. The highest BCUT2D eigenvalue weighted by Gasteiger charge is 2.24. The predicted molar refractivity (Wildman–Crippen MR) is 131 cm³/mol. The predicted octanol–water partition coefficient (Wildman–Crippen LogP) is 4.43. The molecular formula is C25H28N2O4S2. The van der Waals surface area contributed by atoms with E-state index in [1.807, 2.05) is 11.0 Å². The van der Waals surface area contributed by atoms with Gasteiger partial charge in [-0.3, -0.25) is 9.10 Å². The summed E-state index contributed by atoms with van der Waals surface area (Å²) < 4.78 is 32.5. The number of amides is 1. The molecule has 1 aliphatic heterocycles. The molecule has 0 bridgehead atoms. The number of piperidine rings is 1. The topological polar surface area (TPSA) is 66.9 Å². The number of rotatable bonds is 8. The highest BCUT2D eigenvalue weighted by molar-refractivity contribution is 7.94. The van der Waals surface area contributed by atoms with Gasteiger partial charge in [-0.1, -0.05) is 36.4 Å². The van der Waals surface area contributed by atoms with Crippen LogP contribution in [0, 0.1) is 5.92 Å². The second kappa shape index (κ2) is 10.4. The number of benzene rings is 2. The quantitative estimate of drug-likeness (QED) is 0.474. The molecular weight excluding hydrogens is 456 g/mol. The van der Waals surface area contributed by atoms with E-state index in [9.17, 15) is 13.2 Å². The van der Waals surface area contributed by atoms with Gasteiger partial charge in [0.05, 0.1) is 5.69 Å². The minimum atomic E-state index is -3.58. The molecule has 2 aromatic carbocycles. The first-order chi connectivity index (χ1) is 15.9. The van der Waals surface area contributed by atoms with Crippen LogP contribution in [-0.4, -0.2) is 46.0 Å². The smallest absolute Gasteiger partial charge is 0.273 e. The van der Waals surface area contributed by atoms with Crippen molar-refractivity contribution in [1.29, 1.82) is 0 Å². The molecule has 0 unspecified atom stereocenters. The van der Waals surface area contributed by atoms with Crippen LogP contribution in [-0.2, 0) is 21.2 Å². The first-order valence-electron chi connectivity index (χ1n) is 11.0. The highest BCUT2D eigenvalue weighted by atomic mass is 32.2. The maximum absolute atomic E-state index is 12.6. The van der Waals surface area contributed by atoms with E-state index in [-0.39, 0.29) is 12.5 Å². The molecule has 0 aliphatic carbocycles. The Labute approximate surface area is 199 Å². The van der Waals surface area contributed by atoms with Crippen molar-refractivity contribution in [3.05, 3.63) is 77.7 Å². The Morgan fingerprint density at radius 3 is 2.36 bits per heavy atom. The van der Waals surface area contributed by atoms with Crippen LogP contribution in [0.4, 0.5) is 5.69 Å². The van der Waals surface area contributed by atoms with Crippen LogP contribution in [0.2, 0.25) is 0 Å². The third-order valence-electron chi connectivity index (χ3n) is 6.01. The normalized spacial score (nSPS) is 14.8. The van der Waals surface area contributed by atoms with Gasteiger partial charge in [-0.25, -0.2) is 8.42 Å². The molecule has 1 saturated heterocycles. The van der Waals surface area contributed by atoms with Gasteiger partial charge in [-0.15, -0.1) is 11.3 Å². The lowest BCUT2D eigenvalue weighted by Gasteiger charge is -2.32. The molecule has 0 atom stereocenters. The average Bonchev–Trinajstić information content (AvgIpc) is 3.40. The number of thiophene rings is 1. The molecule has 0 spiro atoms. The lowest BCUT2D eigenvalue weighted by molar-refractivity contribution is -0.134. The molecule has 0 radical (unpaired) electrons. The maximum Gasteiger partial charge on any atom is 0.273 e. The van der Waals surface area contributed by atoms with Crippen LogP contribution >= 0.6 is 11.3 Å². The van der Waals surface area contributed by atoms with Crippen LogP contribution in [0.3, 0.4) is 0 Å². The summed E-state index contributed by atoms with van der Waals surface area (Å²) in [4.78, 5) is 14.5. The number of carbonyl (C=O) groups is 1. The fraction of sp³-hybridized carbons (Fsp3) is 0.320. The number of carbonyl (C=O) groups excluding carboxylic acids is 1. The summed E-state index contributed by atoms with van der Waals surface area (Å²) in [5.41, 5.74) is 1.88. The fourth-order valence-corrected chi connectivity index (χ4v) is 6.36. The zero-order valence-corrected chi connectivity index (χ0v) is 20.2. The summed E-state index contributed by atoms with van der Waals surface area (Å²) in [6, 6.07) is 20.5. The van der Waals surface area contributed by atoms with Crippen molar-refractivity contribution >= 4 is 33.0 Å². The number of likely N-dealkylation sites (tertiary alicyclic amines) is 1. The van der Waals surface area contributed by atoms with E-state index in [2.05, 4.69) is 24.3 Å². The Bertz CT molecular complexity index is 1140. The lowest BCUT2D eigenvalue weighted by Crippen LogP contribution is -2.41. The minimum Gasteiger partial charge on any atom is -0.484 e. The first-order valence-corrected chi connectivity index (χ1v) is 13.3. The number of ether oxygens (including phenoxy) is 1. The molecule has 2 heterocycles. The van der Waals surface area contributed by atoms with Crippen molar-refractivity contribution in [3.63, 3.8) is 0 Å². The molecule has 33 heavy (non-hydrogen) atoms. The Balaban J connectivity index is 1.25. The second-order valence-corrected chi connectivity index (χ2v) is 11.3. The molecule has 6 nitrogen and oxygen atoms in total. The van der Waals surface area contributed by atoms with Crippen molar-refractivity contribution in [3.8, 4) is 5.75 Å². The average molecular weight is 485 g/mol. The Morgan fingerprint density at radius 1 is 1.03 bits per heavy atom. The van der Waals surface area contributed by atoms with Crippen LogP contribution in [0.25, 0.3) is 0 Å². The van der Waals surface area contributed by atoms with E-state index in [4.69, 9.17) is 4.74 Å². The van der Waals surface area contributed by atoms with Gasteiger partial charge >= 0.3 is 0 Å². The summed E-state index contributed by atoms with van der Waals surface area (Å²) in [5.74, 6) is 1.12. The summed E-state index contributed by atoms with van der Waals surface area (Å²) >= 11 is 1.18. The van der Waals surface area contributed by atoms with E-state index in [0.29, 0.717) is 21.6 Å². The van der Waals surface area contributed by atoms with E-state index in [1.165, 1.54) is 28.3 Å². The second-order valence-electron chi connectivity index (χ2n) is 8.20. The Hall–Kier alpha value is -2.84. The molecule has 0 N–H and O–H groups in total. The third-order valence-corrected chi connectivity index (χ3v) is 9.17. The minimum absolute atomic E-state index is 0.0189. The molecule has 1 amide bonds. The maximum atomic E-state index is 12.6. The van der Waals surface area contributed by atoms with Gasteiger partial charge in [-0.05, 0) is 66.5 Å². The summed E-state index contributed by atoms with van der Waals surface area (Å²) in [7, 11) is -2.05. The number of nitrogens with zero attached hydrogens (tertiary/aromatic N) is 2. The molecule has 4 rings (SSSR count). The van der Waals surface area contributed by atoms with Gasteiger partial charge in [-0.2, -0.15) is 0 Å². The van der Waals surface area contributed by atoms with E-state index < -0.39 is 10.0 Å². The van der Waals surface area contributed by atoms with Gasteiger partial charge < -0.3 is 9.64 Å². The lowest BCUT2D eigenvalue weighted by atomic mass is 9.90. The molecule has 0 saturated carbocycles. The molecule has 1 fully saturated rings. The largest absolute Gasteiger partial charge is 0.484 e. The number of hydrogen-bond acceptors (Lipinski definition) is 5. The van der Waals surface area contributed by atoms with Crippen molar-refractivity contribution in [2.45, 2.75) is 23.5 Å². The third kappa shape index (κ3) is 5.75. The van der Waals surface area contributed by atoms with Crippen molar-refractivity contribution < 1.29 is 17.9 Å². The van der Waals surface area contributed by atoms with E-state index in [1.54, 1.807) is 41.8 Å². The van der Waals surface area contributed by atoms with Gasteiger partial charge in [0.25, 0.3) is 15.9 Å². The molecule has 1 aromatic heterocycles. The van der Waals surface area contributed by atoms with Gasteiger partial charge in [0, 0.05) is 20.1 Å². The Morgan fingerprint density at radius 2 is 1.73 bits per heavy atom. The van der Waals surface area contributed by atoms with E-state index >= 15 is 0 Å². The first kappa shape index (κ1) is 23.3. The number of anilines is 1. The Kier molecular flexibility index (Phi) is 7.35. The van der Waals surface area contributed by atoms with Crippen molar-refractivity contribution in [1.82, 2.24) is 4.90 Å². The highest BCUT2D eigenvalue weighted by Crippen LogP contribution is 2.27. The van der Waals surface area contributed by atoms with Crippen LogP contribution in [0.1, 0.15) is 18.4 Å². The van der Waals surface area contributed by atoms with Crippen LogP contribution < -0.4 is 9.04 Å². The SMILES string of the molecule is CN(c1ccc(OCC(=O)N2CCC(Cc3ccccc3)CC2)cc1)S(=O)(=O)c1cccs1. The summed E-state index contributed by atoms with van der Waals surface area (Å²) in [5, 5.41) is 1.74. The van der Waals surface area contributed by atoms with Crippen LogP contribution in [0.15, 0.2) is 76.3 Å². The summed E-state index contributed by atoms with van der Waals surface area (Å²) in [6.07, 6.45) is 3.06. The van der Waals surface area contributed by atoms with Crippen molar-refractivity contribution in [2.24, 2.45) is 5.92 Å². The monoisotopic (exact) mass is 484 g/mol. The zero-order valence-electron chi connectivity index (χ0n) is 18.6. The van der Waals surface area contributed by atoms with Gasteiger partial charge in [0.2, 0.25) is 0 Å². The van der Waals surface area contributed by atoms with Crippen molar-refractivity contribution in [2.75, 3.05) is 31.0 Å². The van der Waals surface area contributed by atoms with E-state index in [0.717, 1.165) is 32.4 Å².